The van der Waals surface area contributed by atoms with Gasteiger partial charge in [-0.05, 0) is 47.1 Å². The third-order valence-electron chi connectivity index (χ3n) is 3.14. The average Bonchev–Trinajstić information content (AvgIpc) is 2.93. The van der Waals surface area contributed by atoms with Crippen LogP contribution in [0.5, 0.6) is 0 Å². The van der Waals surface area contributed by atoms with Crippen LogP contribution in [0, 0.1) is 6.92 Å². The maximum Gasteiger partial charge on any atom is 0.153 e. The number of nitrogens with zero attached hydrogens (tertiary/aromatic N) is 3. The van der Waals surface area contributed by atoms with Crippen molar-refractivity contribution in [3.05, 3.63) is 64.4 Å². The Kier molecular flexibility index (Phi) is 3.66. The number of aromatic nitrogens is 3. The van der Waals surface area contributed by atoms with Gasteiger partial charge in [0.25, 0.3) is 0 Å². The van der Waals surface area contributed by atoms with Gasteiger partial charge in [0.05, 0.1) is 16.9 Å². The second kappa shape index (κ2) is 5.61. The first-order valence-corrected chi connectivity index (χ1v) is 7.20. The summed E-state index contributed by atoms with van der Waals surface area (Å²) in [5.74, 6) is 0. The SMILES string of the molecule is Cc1ccc(-n2cc(C=O)c(-c3ccc(Br)cn3)n2)cc1. The summed E-state index contributed by atoms with van der Waals surface area (Å²) in [6, 6.07) is 11.7. The van der Waals surface area contributed by atoms with Gasteiger partial charge < -0.3 is 0 Å². The molecule has 0 saturated carbocycles. The highest BCUT2D eigenvalue weighted by atomic mass is 79.9. The minimum atomic E-state index is 0.519. The Morgan fingerprint density at radius 3 is 2.52 bits per heavy atom. The lowest BCUT2D eigenvalue weighted by Gasteiger charge is -2.01. The van der Waals surface area contributed by atoms with Crippen LogP contribution in [0.2, 0.25) is 0 Å². The Labute approximate surface area is 130 Å². The van der Waals surface area contributed by atoms with Gasteiger partial charge in [0.15, 0.2) is 6.29 Å². The summed E-state index contributed by atoms with van der Waals surface area (Å²) in [7, 11) is 0. The zero-order valence-corrected chi connectivity index (χ0v) is 12.9. The van der Waals surface area contributed by atoms with Gasteiger partial charge in [0, 0.05) is 16.9 Å². The Bertz CT molecular complexity index is 776. The summed E-state index contributed by atoms with van der Waals surface area (Å²) >= 11 is 3.34. The van der Waals surface area contributed by atoms with Crippen molar-refractivity contribution in [2.45, 2.75) is 6.92 Å². The predicted molar refractivity (Wildman–Crippen MR) is 84.6 cm³/mol. The maximum atomic E-state index is 11.3. The van der Waals surface area contributed by atoms with E-state index in [1.807, 2.05) is 43.3 Å². The molecule has 2 heterocycles. The number of carbonyl (C=O) groups excluding carboxylic acids is 1. The molecule has 3 rings (SSSR count). The monoisotopic (exact) mass is 341 g/mol. The van der Waals surface area contributed by atoms with Crippen molar-refractivity contribution in [1.29, 1.82) is 0 Å². The first-order chi connectivity index (χ1) is 10.2. The van der Waals surface area contributed by atoms with E-state index in [4.69, 9.17) is 0 Å². The fourth-order valence-corrected chi connectivity index (χ4v) is 2.25. The van der Waals surface area contributed by atoms with Crippen LogP contribution < -0.4 is 0 Å². The highest BCUT2D eigenvalue weighted by Gasteiger charge is 2.12. The smallest absolute Gasteiger partial charge is 0.153 e. The molecule has 0 atom stereocenters. The molecule has 0 N–H and O–H groups in total. The van der Waals surface area contributed by atoms with Crippen LogP contribution in [0.3, 0.4) is 0 Å². The van der Waals surface area contributed by atoms with E-state index < -0.39 is 0 Å². The van der Waals surface area contributed by atoms with E-state index in [2.05, 4.69) is 26.0 Å². The van der Waals surface area contributed by atoms with Crippen LogP contribution in [0.15, 0.2) is 53.3 Å². The molecule has 1 aromatic carbocycles. The molecule has 3 aromatic rings. The number of hydrogen-bond donors (Lipinski definition) is 0. The van der Waals surface area contributed by atoms with Gasteiger partial charge >= 0.3 is 0 Å². The van der Waals surface area contributed by atoms with Crippen molar-refractivity contribution >= 4 is 22.2 Å². The third kappa shape index (κ3) is 2.78. The maximum absolute atomic E-state index is 11.3. The predicted octanol–water partition coefficient (Wildman–Crippen LogP) is 3.82. The van der Waals surface area contributed by atoms with E-state index in [1.165, 1.54) is 5.56 Å². The van der Waals surface area contributed by atoms with Crippen molar-refractivity contribution in [2.75, 3.05) is 0 Å². The molecule has 0 aliphatic carbocycles. The summed E-state index contributed by atoms with van der Waals surface area (Å²) in [6.07, 6.45) is 4.21. The number of aldehydes is 1. The molecular weight excluding hydrogens is 330 g/mol. The Morgan fingerprint density at radius 1 is 1.14 bits per heavy atom. The molecule has 5 heteroatoms. The average molecular weight is 342 g/mol. The number of carbonyl (C=O) groups is 1. The fourth-order valence-electron chi connectivity index (χ4n) is 2.02. The van der Waals surface area contributed by atoms with Gasteiger partial charge in [-0.25, -0.2) is 4.68 Å². The van der Waals surface area contributed by atoms with Crippen molar-refractivity contribution < 1.29 is 4.79 Å². The van der Waals surface area contributed by atoms with Crippen molar-refractivity contribution in [3.63, 3.8) is 0 Å². The van der Waals surface area contributed by atoms with Gasteiger partial charge in [0.1, 0.15) is 5.69 Å². The summed E-state index contributed by atoms with van der Waals surface area (Å²) in [4.78, 5) is 15.6. The van der Waals surface area contributed by atoms with Crippen molar-refractivity contribution in [2.24, 2.45) is 0 Å². The second-order valence-corrected chi connectivity index (χ2v) is 5.61. The molecule has 0 amide bonds. The van der Waals surface area contributed by atoms with Gasteiger partial charge in [-0.1, -0.05) is 17.7 Å². The quantitative estimate of drug-likeness (QED) is 0.680. The summed E-state index contributed by atoms with van der Waals surface area (Å²) in [6.45, 7) is 2.03. The molecule has 0 aliphatic heterocycles. The molecular formula is C16H12BrN3O. The molecule has 0 bridgehead atoms. The lowest BCUT2D eigenvalue weighted by Crippen LogP contribution is -1.95. The Balaban J connectivity index is 2.08. The molecule has 0 aliphatic rings. The normalized spacial score (nSPS) is 10.6. The first kappa shape index (κ1) is 13.7. The number of pyridine rings is 1. The minimum absolute atomic E-state index is 0.519. The number of hydrogen-bond acceptors (Lipinski definition) is 3. The number of benzene rings is 1. The lowest BCUT2D eigenvalue weighted by molar-refractivity contribution is 0.112. The zero-order chi connectivity index (χ0) is 14.8. The van der Waals surface area contributed by atoms with E-state index in [-0.39, 0.29) is 0 Å². The zero-order valence-electron chi connectivity index (χ0n) is 11.3. The second-order valence-electron chi connectivity index (χ2n) is 4.69. The number of halogens is 1. The molecule has 21 heavy (non-hydrogen) atoms. The molecule has 0 spiro atoms. The first-order valence-electron chi connectivity index (χ1n) is 6.41. The van der Waals surface area contributed by atoms with E-state index in [1.54, 1.807) is 17.1 Å². The van der Waals surface area contributed by atoms with Crippen molar-refractivity contribution in [3.8, 4) is 17.1 Å². The van der Waals surface area contributed by atoms with Gasteiger partial charge in [-0.3, -0.25) is 9.78 Å². The van der Waals surface area contributed by atoms with E-state index >= 15 is 0 Å². The van der Waals surface area contributed by atoms with Crippen LogP contribution >= 0.6 is 15.9 Å². The highest BCUT2D eigenvalue weighted by molar-refractivity contribution is 9.10. The van der Waals surface area contributed by atoms with Crippen molar-refractivity contribution in [1.82, 2.24) is 14.8 Å². The molecule has 104 valence electrons. The third-order valence-corrected chi connectivity index (χ3v) is 3.61. The Hall–Kier alpha value is -2.27. The summed E-state index contributed by atoms with van der Waals surface area (Å²) in [5, 5.41) is 4.49. The number of aryl methyl sites for hydroxylation is 1. The van der Waals surface area contributed by atoms with Crippen LogP contribution in [0.4, 0.5) is 0 Å². The lowest BCUT2D eigenvalue weighted by atomic mass is 10.2. The largest absolute Gasteiger partial charge is 0.298 e. The van der Waals surface area contributed by atoms with Crippen LogP contribution in [-0.4, -0.2) is 21.1 Å². The van der Waals surface area contributed by atoms with E-state index in [9.17, 15) is 4.79 Å². The molecule has 0 saturated heterocycles. The fraction of sp³-hybridized carbons (Fsp3) is 0.0625. The molecule has 0 unspecified atom stereocenters. The summed E-state index contributed by atoms with van der Waals surface area (Å²) < 4.78 is 2.58. The topological polar surface area (TPSA) is 47.8 Å². The Morgan fingerprint density at radius 2 is 1.90 bits per heavy atom. The highest BCUT2D eigenvalue weighted by Crippen LogP contribution is 2.22. The van der Waals surface area contributed by atoms with E-state index in [0.717, 1.165) is 16.4 Å². The van der Waals surface area contributed by atoms with Crippen LogP contribution in [0.25, 0.3) is 17.1 Å². The molecule has 0 radical (unpaired) electrons. The van der Waals surface area contributed by atoms with Crippen LogP contribution in [0.1, 0.15) is 15.9 Å². The van der Waals surface area contributed by atoms with E-state index in [0.29, 0.717) is 17.0 Å². The number of rotatable bonds is 3. The minimum Gasteiger partial charge on any atom is -0.298 e. The van der Waals surface area contributed by atoms with Gasteiger partial charge in [-0.15, -0.1) is 0 Å². The standard InChI is InChI=1S/C16H12BrN3O/c1-11-2-5-14(6-3-11)20-9-12(10-21)16(19-20)15-7-4-13(17)8-18-15/h2-10H,1H3. The van der Waals surface area contributed by atoms with Crippen LogP contribution in [-0.2, 0) is 0 Å². The molecule has 0 fully saturated rings. The van der Waals surface area contributed by atoms with Gasteiger partial charge in [0.2, 0.25) is 0 Å². The summed E-state index contributed by atoms with van der Waals surface area (Å²) in [5.41, 5.74) is 3.86. The van der Waals surface area contributed by atoms with Gasteiger partial charge in [-0.2, -0.15) is 5.10 Å². The molecule has 4 nitrogen and oxygen atoms in total. The molecule has 2 aromatic heterocycles.